The molecule has 5 rings (SSSR count). The predicted molar refractivity (Wildman–Crippen MR) is 124 cm³/mol. The fourth-order valence-electron chi connectivity index (χ4n) is 4.08. The van der Waals surface area contributed by atoms with Crippen LogP contribution < -0.4 is 20.7 Å². The highest BCUT2D eigenvalue weighted by Gasteiger charge is 2.36. The third-order valence-electron chi connectivity index (χ3n) is 6.12. The van der Waals surface area contributed by atoms with Crippen LogP contribution in [0.25, 0.3) is 0 Å². The molecule has 36 heavy (non-hydrogen) atoms. The van der Waals surface area contributed by atoms with Crippen LogP contribution in [0.1, 0.15) is 56.9 Å². The zero-order valence-corrected chi connectivity index (χ0v) is 19.1. The molecule has 2 aliphatic rings. The van der Waals surface area contributed by atoms with Gasteiger partial charge < -0.3 is 24.1 Å². The van der Waals surface area contributed by atoms with Crippen molar-refractivity contribution in [3.63, 3.8) is 0 Å². The zero-order valence-electron chi connectivity index (χ0n) is 19.1. The Labute approximate surface area is 205 Å². The Bertz CT molecular complexity index is 1370. The van der Waals surface area contributed by atoms with Gasteiger partial charge >= 0.3 is 17.9 Å². The van der Waals surface area contributed by atoms with Crippen molar-refractivity contribution >= 4 is 17.9 Å². The van der Waals surface area contributed by atoms with Crippen molar-refractivity contribution in [2.45, 2.75) is 31.5 Å². The summed E-state index contributed by atoms with van der Waals surface area (Å²) in [4.78, 5) is 36.3. The minimum Gasteiger partial charge on any atom is -0.480 e. The Hall–Kier alpha value is -4.41. The first kappa shape index (κ1) is 23.3. The first-order valence-corrected chi connectivity index (χ1v) is 11.1. The summed E-state index contributed by atoms with van der Waals surface area (Å²) >= 11 is 0. The molecule has 3 atom stereocenters. The number of carbonyl (C=O) groups is 3. The van der Waals surface area contributed by atoms with Gasteiger partial charge in [-0.25, -0.2) is 15.0 Å². The molecule has 0 aromatic heterocycles. The number of aliphatic carboxylic acids is 1. The number of nitrogens with one attached hydrogen (secondary N) is 1. The summed E-state index contributed by atoms with van der Waals surface area (Å²) < 4.78 is 22.9. The number of hydrogen-bond acceptors (Lipinski definition) is 9. The summed E-state index contributed by atoms with van der Waals surface area (Å²) in [5.74, 6) is 3.68. The lowest BCUT2D eigenvalue weighted by Gasteiger charge is -2.25. The van der Waals surface area contributed by atoms with E-state index in [9.17, 15) is 19.5 Å². The Morgan fingerprint density at radius 1 is 0.917 bits per heavy atom. The molecule has 0 radical (unpaired) electrons. The molecule has 2 heterocycles. The summed E-state index contributed by atoms with van der Waals surface area (Å²) in [5, 5.41) is 9.59. The van der Waals surface area contributed by atoms with E-state index in [4.69, 9.17) is 24.8 Å². The van der Waals surface area contributed by atoms with E-state index in [-0.39, 0.29) is 17.9 Å². The largest absolute Gasteiger partial charge is 0.480 e. The van der Waals surface area contributed by atoms with Crippen molar-refractivity contribution in [3.05, 3.63) is 94.5 Å². The highest BCUT2D eigenvalue weighted by Crippen LogP contribution is 2.41. The van der Waals surface area contributed by atoms with E-state index in [1.54, 1.807) is 66.7 Å². The maximum atomic E-state index is 12.3. The number of carboxylic acid groups (broad SMARTS) is 1. The van der Waals surface area contributed by atoms with Crippen molar-refractivity contribution in [3.8, 4) is 11.5 Å². The van der Waals surface area contributed by atoms with Crippen molar-refractivity contribution in [1.29, 1.82) is 0 Å². The number of carbonyl (C=O) groups excluding carboxylic acids is 2. The fourth-order valence-corrected chi connectivity index (χ4v) is 4.08. The van der Waals surface area contributed by atoms with E-state index in [2.05, 4.69) is 5.43 Å². The molecule has 0 bridgehead atoms. The average Bonchev–Trinajstić information content (AvgIpc) is 3.37. The SMILES string of the molecule is CC(Cc1ccc(OC2OC(=O)c3ccccc32)c(OC2OC(=O)c3ccccc32)c1)(NN)C(=O)O. The molecule has 0 saturated carbocycles. The molecule has 3 aromatic rings. The van der Waals surface area contributed by atoms with Gasteiger partial charge in [-0.2, -0.15) is 0 Å². The zero-order chi connectivity index (χ0) is 25.4. The van der Waals surface area contributed by atoms with Crippen molar-refractivity contribution in [2.24, 2.45) is 5.84 Å². The van der Waals surface area contributed by atoms with Crippen LogP contribution in [0.5, 0.6) is 11.5 Å². The number of hydrazine groups is 1. The number of nitrogens with two attached hydrogens (primary N) is 1. The lowest BCUT2D eigenvalue weighted by Crippen LogP contribution is -2.54. The molecule has 0 fully saturated rings. The van der Waals surface area contributed by atoms with E-state index in [1.807, 2.05) is 0 Å². The molecule has 0 aliphatic carbocycles. The van der Waals surface area contributed by atoms with Crippen LogP contribution in [-0.4, -0.2) is 28.6 Å². The summed E-state index contributed by atoms with van der Waals surface area (Å²) in [6.45, 7) is 1.45. The number of cyclic esters (lactones) is 2. The van der Waals surface area contributed by atoms with Crippen molar-refractivity contribution in [1.82, 2.24) is 5.43 Å². The molecule has 2 aliphatic heterocycles. The number of rotatable bonds is 8. The van der Waals surface area contributed by atoms with Gasteiger partial charge in [-0.15, -0.1) is 0 Å². The van der Waals surface area contributed by atoms with Crippen LogP contribution in [0.4, 0.5) is 0 Å². The number of benzene rings is 3. The van der Waals surface area contributed by atoms with Gasteiger partial charge in [0.2, 0.25) is 0 Å². The highest BCUT2D eigenvalue weighted by atomic mass is 16.7. The molecule has 10 heteroatoms. The predicted octanol–water partition coefficient (Wildman–Crippen LogP) is 3.03. The second-order valence-electron chi connectivity index (χ2n) is 8.62. The smallest absolute Gasteiger partial charge is 0.342 e. The maximum Gasteiger partial charge on any atom is 0.342 e. The molecule has 3 aromatic carbocycles. The normalized spacial score (nSPS) is 19.5. The number of ether oxygens (including phenoxy) is 4. The summed E-state index contributed by atoms with van der Waals surface area (Å²) in [6.07, 6.45) is -2.06. The fraction of sp³-hybridized carbons (Fsp3) is 0.192. The van der Waals surface area contributed by atoms with E-state index in [1.165, 1.54) is 6.92 Å². The number of hydrogen-bond donors (Lipinski definition) is 3. The van der Waals surface area contributed by atoms with Gasteiger partial charge in [0.25, 0.3) is 12.6 Å². The quantitative estimate of drug-likeness (QED) is 0.245. The molecule has 3 unspecified atom stereocenters. The summed E-state index contributed by atoms with van der Waals surface area (Å²) in [7, 11) is 0. The van der Waals surface area contributed by atoms with Crippen molar-refractivity contribution < 1.29 is 38.4 Å². The maximum absolute atomic E-state index is 12.3. The van der Waals surface area contributed by atoms with E-state index < -0.39 is 36.0 Å². The number of esters is 2. The number of carboxylic acids is 1. The van der Waals surface area contributed by atoms with E-state index >= 15 is 0 Å². The Morgan fingerprint density at radius 2 is 1.44 bits per heavy atom. The first-order valence-electron chi connectivity index (χ1n) is 11.1. The second-order valence-corrected chi connectivity index (χ2v) is 8.62. The minimum atomic E-state index is -1.45. The van der Waals surface area contributed by atoms with Gasteiger partial charge in [-0.05, 0) is 36.8 Å². The molecular weight excluding hydrogens is 468 g/mol. The topological polar surface area (TPSA) is 146 Å². The average molecular weight is 490 g/mol. The molecule has 0 amide bonds. The third-order valence-corrected chi connectivity index (χ3v) is 6.12. The lowest BCUT2D eigenvalue weighted by atomic mass is 9.93. The van der Waals surface area contributed by atoms with Gasteiger partial charge in [0.05, 0.1) is 11.1 Å². The van der Waals surface area contributed by atoms with Crippen LogP contribution in [-0.2, 0) is 20.7 Å². The van der Waals surface area contributed by atoms with Gasteiger partial charge in [0.15, 0.2) is 11.5 Å². The molecule has 0 saturated heterocycles. The van der Waals surface area contributed by atoms with Crippen LogP contribution in [0, 0.1) is 0 Å². The van der Waals surface area contributed by atoms with Crippen molar-refractivity contribution in [2.75, 3.05) is 0 Å². The van der Waals surface area contributed by atoms with E-state index in [0.29, 0.717) is 27.8 Å². The standard InChI is InChI=1S/C26H22N2O8/c1-26(28-27,25(31)32)13-14-10-11-19(33-23-17-8-4-2-6-15(17)21(29)35-23)20(12-14)34-24-18-9-5-3-7-16(18)22(30)36-24/h2-12,23-24,28H,13,27H2,1H3,(H,31,32). The Morgan fingerprint density at radius 3 is 1.97 bits per heavy atom. The Balaban J connectivity index is 1.50. The van der Waals surface area contributed by atoms with Crippen LogP contribution in [0.3, 0.4) is 0 Å². The van der Waals surface area contributed by atoms with Gasteiger partial charge in [-0.1, -0.05) is 42.5 Å². The first-order chi connectivity index (χ1) is 17.3. The van der Waals surface area contributed by atoms with E-state index in [0.717, 1.165) is 0 Å². The van der Waals surface area contributed by atoms with Gasteiger partial charge in [-0.3, -0.25) is 10.6 Å². The highest BCUT2D eigenvalue weighted by molar-refractivity contribution is 5.94. The van der Waals surface area contributed by atoms with Crippen LogP contribution >= 0.6 is 0 Å². The third kappa shape index (κ3) is 4.12. The molecule has 10 nitrogen and oxygen atoms in total. The molecule has 184 valence electrons. The van der Waals surface area contributed by atoms with Gasteiger partial charge in [0, 0.05) is 17.5 Å². The molecule has 0 spiro atoms. The summed E-state index contributed by atoms with van der Waals surface area (Å²) in [6, 6.07) is 18.5. The van der Waals surface area contributed by atoms with Crippen LogP contribution in [0.2, 0.25) is 0 Å². The molecule has 4 N–H and O–H groups in total. The Kier molecular flexibility index (Phi) is 5.83. The number of fused-ring (bicyclic) bond motifs is 2. The monoisotopic (exact) mass is 490 g/mol. The lowest BCUT2D eigenvalue weighted by molar-refractivity contribution is -0.144. The van der Waals surface area contributed by atoms with Crippen LogP contribution in [0.15, 0.2) is 66.7 Å². The van der Waals surface area contributed by atoms with Gasteiger partial charge in [0.1, 0.15) is 5.54 Å². The summed E-state index contributed by atoms with van der Waals surface area (Å²) in [5.41, 5.74) is 3.30. The molecular formula is C26H22N2O8. The second kappa shape index (κ2) is 8.99. The minimum absolute atomic E-state index is 0.0117.